The van der Waals surface area contributed by atoms with Gasteiger partial charge in [-0.1, -0.05) is 45.0 Å². The Bertz CT molecular complexity index is 1240. The minimum Gasteiger partial charge on any atom is -0.308 e. The molecule has 0 radical (unpaired) electrons. The van der Waals surface area contributed by atoms with Crippen molar-refractivity contribution in [3.8, 4) is 0 Å². The summed E-state index contributed by atoms with van der Waals surface area (Å²) in [5.41, 5.74) is 2.78. The molecule has 0 spiro atoms. The summed E-state index contributed by atoms with van der Waals surface area (Å²) in [6.07, 6.45) is 0. The fraction of sp³-hybridized carbons (Fsp3) is 0.261. The number of carbonyl (C=O) groups excluding carboxylic acids is 1. The molecule has 0 bridgehead atoms. The van der Waals surface area contributed by atoms with Crippen LogP contribution in [0.1, 0.15) is 43.6 Å². The second kappa shape index (κ2) is 6.59. The molecule has 0 atom stereocenters. The third kappa shape index (κ3) is 3.17. The van der Waals surface area contributed by atoms with Crippen molar-refractivity contribution < 1.29 is 13.2 Å². The Labute approximate surface area is 171 Å². The molecule has 0 aliphatic carbocycles. The summed E-state index contributed by atoms with van der Waals surface area (Å²) in [7, 11) is -3.83. The van der Waals surface area contributed by atoms with Gasteiger partial charge in [-0.25, -0.2) is 8.42 Å². The standard InChI is InChI=1S/C23H24N2O3S/c1-5-25-19-12-13-20(17-10-7-11-18(21(17)19)22(25)26)29(27,28)24-16-9-6-8-15(14-16)23(2,3)4/h6-14,24H,5H2,1-4H3. The lowest BCUT2D eigenvalue weighted by atomic mass is 9.87. The highest BCUT2D eigenvalue weighted by molar-refractivity contribution is 7.93. The Kier molecular flexibility index (Phi) is 4.42. The molecule has 1 heterocycles. The molecule has 6 heteroatoms. The van der Waals surface area contributed by atoms with Crippen LogP contribution in [0.4, 0.5) is 11.4 Å². The maximum atomic E-state index is 13.2. The quantitative estimate of drug-likeness (QED) is 0.666. The zero-order valence-electron chi connectivity index (χ0n) is 17.0. The molecule has 3 aromatic carbocycles. The molecule has 4 rings (SSSR count). The average Bonchev–Trinajstić information content (AvgIpc) is 2.94. The lowest BCUT2D eigenvalue weighted by molar-refractivity contribution is 0.0994. The second-order valence-corrected chi connectivity index (χ2v) is 9.95. The van der Waals surface area contributed by atoms with Crippen molar-refractivity contribution in [2.75, 3.05) is 16.2 Å². The first-order chi connectivity index (χ1) is 13.6. The zero-order valence-corrected chi connectivity index (χ0v) is 17.8. The van der Waals surface area contributed by atoms with Crippen LogP contribution in [0.5, 0.6) is 0 Å². The topological polar surface area (TPSA) is 66.5 Å². The highest BCUT2D eigenvalue weighted by atomic mass is 32.2. The van der Waals surface area contributed by atoms with E-state index in [1.807, 2.05) is 25.1 Å². The van der Waals surface area contributed by atoms with E-state index in [9.17, 15) is 13.2 Å². The fourth-order valence-corrected chi connectivity index (χ4v) is 5.08. The normalized spacial score (nSPS) is 13.9. The van der Waals surface area contributed by atoms with Crippen molar-refractivity contribution in [1.82, 2.24) is 0 Å². The maximum Gasteiger partial charge on any atom is 0.262 e. The summed E-state index contributed by atoms with van der Waals surface area (Å²) in [6.45, 7) is 8.69. The van der Waals surface area contributed by atoms with Crippen LogP contribution in [0.3, 0.4) is 0 Å². The van der Waals surface area contributed by atoms with Crippen molar-refractivity contribution in [1.29, 1.82) is 0 Å². The van der Waals surface area contributed by atoms with Crippen LogP contribution in [-0.2, 0) is 15.4 Å². The summed E-state index contributed by atoms with van der Waals surface area (Å²) in [5.74, 6) is -0.0894. The molecule has 150 valence electrons. The SMILES string of the molecule is CCN1C(=O)c2cccc3c(S(=O)(=O)Nc4cccc(C(C)(C)C)c4)ccc1c23. The molecule has 1 aliphatic heterocycles. The van der Waals surface area contributed by atoms with Crippen molar-refractivity contribution in [2.45, 2.75) is 38.0 Å². The van der Waals surface area contributed by atoms with E-state index in [1.54, 1.807) is 41.3 Å². The maximum absolute atomic E-state index is 13.2. The molecule has 1 amide bonds. The monoisotopic (exact) mass is 408 g/mol. The van der Waals surface area contributed by atoms with E-state index in [4.69, 9.17) is 0 Å². The van der Waals surface area contributed by atoms with Crippen LogP contribution in [0.2, 0.25) is 0 Å². The summed E-state index contributed by atoms with van der Waals surface area (Å²) < 4.78 is 29.2. The van der Waals surface area contributed by atoms with E-state index in [1.165, 1.54) is 0 Å². The van der Waals surface area contributed by atoms with Gasteiger partial charge in [0.15, 0.2) is 0 Å². The molecule has 0 unspecified atom stereocenters. The van der Waals surface area contributed by atoms with Gasteiger partial charge in [0.05, 0.1) is 10.6 Å². The predicted molar refractivity (Wildman–Crippen MR) is 117 cm³/mol. The van der Waals surface area contributed by atoms with Crippen molar-refractivity contribution >= 4 is 38.1 Å². The third-order valence-corrected chi connectivity index (χ3v) is 6.77. The number of sulfonamides is 1. The molecule has 3 aromatic rings. The number of hydrogen-bond acceptors (Lipinski definition) is 3. The number of rotatable bonds is 4. The van der Waals surface area contributed by atoms with Crippen LogP contribution in [-0.4, -0.2) is 20.9 Å². The van der Waals surface area contributed by atoms with Gasteiger partial charge in [0.1, 0.15) is 0 Å². The van der Waals surface area contributed by atoms with Crippen LogP contribution in [0.25, 0.3) is 10.8 Å². The molecule has 1 N–H and O–H groups in total. The Balaban J connectivity index is 1.82. The number of nitrogens with one attached hydrogen (secondary N) is 1. The van der Waals surface area contributed by atoms with Gasteiger partial charge in [-0.05, 0) is 48.2 Å². The van der Waals surface area contributed by atoms with Gasteiger partial charge in [-0.3, -0.25) is 9.52 Å². The Morgan fingerprint density at radius 1 is 1.00 bits per heavy atom. The number of benzene rings is 3. The minimum atomic E-state index is -3.83. The predicted octanol–water partition coefficient (Wildman–Crippen LogP) is 4.92. The molecule has 1 aliphatic rings. The molecule has 0 saturated carbocycles. The van der Waals surface area contributed by atoms with E-state index in [-0.39, 0.29) is 16.2 Å². The van der Waals surface area contributed by atoms with E-state index >= 15 is 0 Å². The lowest BCUT2D eigenvalue weighted by Gasteiger charge is -2.20. The zero-order chi connectivity index (χ0) is 21.0. The largest absolute Gasteiger partial charge is 0.308 e. The summed E-state index contributed by atoms with van der Waals surface area (Å²) >= 11 is 0. The Morgan fingerprint density at radius 2 is 1.72 bits per heavy atom. The Morgan fingerprint density at radius 3 is 2.41 bits per heavy atom. The van der Waals surface area contributed by atoms with Gasteiger partial charge >= 0.3 is 0 Å². The highest BCUT2D eigenvalue weighted by Gasteiger charge is 2.31. The number of amides is 1. The number of carbonyl (C=O) groups is 1. The molecular weight excluding hydrogens is 384 g/mol. The first kappa shape index (κ1) is 19.5. The van der Waals surface area contributed by atoms with Crippen molar-refractivity contribution in [3.05, 3.63) is 65.7 Å². The minimum absolute atomic E-state index is 0.0894. The molecule has 0 fully saturated rings. The van der Waals surface area contributed by atoms with E-state index in [2.05, 4.69) is 25.5 Å². The number of anilines is 2. The van der Waals surface area contributed by atoms with Crippen LogP contribution < -0.4 is 9.62 Å². The number of hydrogen-bond donors (Lipinski definition) is 1. The fourth-order valence-electron chi connectivity index (χ4n) is 3.83. The average molecular weight is 409 g/mol. The van der Waals surface area contributed by atoms with Crippen LogP contribution in [0, 0.1) is 0 Å². The van der Waals surface area contributed by atoms with Gasteiger partial charge < -0.3 is 4.90 Å². The molecule has 0 saturated heterocycles. The first-order valence-electron chi connectivity index (χ1n) is 9.64. The van der Waals surface area contributed by atoms with Gasteiger partial charge in [0.2, 0.25) is 0 Å². The van der Waals surface area contributed by atoms with E-state index in [0.717, 1.165) is 11.3 Å². The number of nitrogens with zero attached hydrogens (tertiary/aromatic N) is 1. The summed E-state index contributed by atoms with van der Waals surface area (Å²) in [6, 6.07) is 16.0. The lowest BCUT2D eigenvalue weighted by Crippen LogP contribution is -2.25. The summed E-state index contributed by atoms with van der Waals surface area (Å²) in [4.78, 5) is 14.5. The Hall–Kier alpha value is -2.86. The molecule has 29 heavy (non-hydrogen) atoms. The van der Waals surface area contributed by atoms with Gasteiger partial charge in [0, 0.05) is 28.6 Å². The van der Waals surface area contributed by atoms with Crippen molar-refractivity contribution in [2.24, 2.45) is 0 Å². The highest BCUT2D eigenvalue weighted by Crippen LogP contribution is 2.40. The van der Waals surface area contributed by atoms with Crippen LogP contribution >= 0.6 is 0 Å². The third-order valence-electron chi connectivity index (χ3n) is 5.33. The molecule has 5 nitrogen and oxygen atoms in total. The van der Waals surface area contributed by atoms with Gasteiger partial charge in [-0.15, -0.1) is 0 Å². The van der Waals surface area contributed by atoms with Crippen LogP contribution in [0.15, 0.2) is 59.5 Å². The second-order valence-electron chi connectivity index (χ2n) is 8.30. The smallest absolute Gasteiger partial charge is 0.262 e. The van der Waals surface area contributed by atoms with E-state index < -0.39 is 10.0 Å². The van der Waals surface area contributed by atoms with Gasteiger partial charge in [0.25, 0.3) is 15.9 Å². The van der Waals surface area contributed by atoms with Gasteiger partial charge in [-0.2, -0.15) is 0 Å². The first-order valence-corrected chi connectivity index (χ1v) is 11.1. The summed E-state index contributed by atoms with van der Waals surface area (Å²) in [5, 5.41) is 1.26. The van der Waals surface area contributed by atoms with E-state index in [0.29, 0.717) is 28.6 Å². The van der Waals surface area contributed by atoms with Crippen molar-refractivity contribution in [3.63, 3.8) is 0 Å². The molecular formula is C23H24N2O3S. The molecule has 0 aromatic heterocycles.